The van der Waals surface area contributed by atoms with E-state index in [1.165, 1.54) is 0 Å². The highest BCUT2D eigenvalue weighted by molar-refractivity contribution is 5.83. The Kier molecular flexibility index (Phi) is 4.39. The fourth-order valence-corrected chi connectivity index (χ4v) is 5.10. The number of rotatable bonds is 4. The van der Waals surface area contributed by atoms with E-state index in [2.05, 4.69) is 4.90 Å². The van der Waals surface area contributed by atoms with Gasteiger partial charge in [0.25, 0.3) is 0 Å². The summed E-state index contributed by atoms with van der Waals surface area (Å²) in [6, 6.07) is 7.10. The van der Waals surface area contributed by atoms with E-state index in [1.54, 1.807) is 18.2 Å². The van der Waals surface area contributed by atoms with Gasteiger partial charge in [0.2, 0.25) is 5.91 Å². The van der Waals surface area contributed by atoms with Gasteiger partial charge in [-0.1, -0.05) is 25.0 Å². The second kappa shape index (κ2) is 6.58. The quantitative estimate of drug-likeness (QED) is 0.860. The lowest BCUT2D eigenvalue weighted by Crippen LogP contribution is -2.42. The molecule has 2 N–H and O–H groups in total. The van der Waals surface area contributed by atoms with Gasteiger partial charge >= 0.3 is 5.97 Å². The molecule has 3 aliphatic rings. The van der Waals surface area contributed by atoms with E-state index in [1.807, 2.05) is 11.0 Å². The molecule has 0 aromatic heterocycles. The number of phenolic OH excluding ortho intramolecular Hbond substituents is 1. The van der Waals surface area contributed by atoms with Crippen LogP contribution in [-0.2, 0) is 16.1 Å². The summed E-state index contributed by atoms with van der Waals surface area (Å²) in [5.41, 5.74) is 0.120. The van der Waals surface area contributed by atoms with E-state index >= 15 is 0 Å². The summed E-state index contributed by atoms with van der Waals surface area (Å²) < 4.78 is 0. The molecule has 0 unspecified atom stereocenters. The van der Waals surface area contributed by atoms with Crippen molar-refractivity contribution in [1.82, 2.24) is 9.80 Å². The zero-order valence-electron chi connectivity index (χ0n) is 14.9. The van der Waals surface area contributed by atoms with Crippen LogP contribution >= 0.6 is 0 Å². The third-order valence-corrected chi connectivity index (χ3v) is 6.44. The Hall–Kier alpha value is -2.08. The molecule has 1 aliphatic carbocycles. The highest BCUT2D eigenvalue weighted by Crippen LogP contribution is 2.44. The van der Waals surface area contributed by atoms with Gasteiger partial charge < -0.3 is 15.1 Å². The number of benzene rings is 1. The van der Waals surface area contributed by atoms with Gasteiger partial charge in [0.05, 0.1) is 0 Å². The molecule has 1 saturated carbocycles. The number of nitrogens with zero attached hydrogens (tertiary/aromatic N) is 2. The molecule has 26 heavy (non-hydrogen) atoms. The zero-order valence-corrected chi connectivity index (χ0v) is 14.9. The van der Waals surface area contributed by atoms with E-state index in [0.717, 1.165) is 31.2 Å². The minimum Gasteiger partial charge on any atom is -0.508 e. The largest absolute Gasteiger partial charge is 0.508 e. The summed E-state index contributed by atoms with van der Waals surface area (Å²) in [7, 11) is 0. The SMILES string of the molecule is O=C(C1CCCC1)N1C[C@H]2CN(Cc3cccc(O)c3)C[C@@]2(C(=O)O)C1. The maximum absolute atomic E-state index is 12.7. The van der Waals surface area contributed by atoms with Gasteiger partial charge in [0, 0.05) is 44.6 Å². The lowest BCUT2D eigenvalue weighted by Gasteiger charge is -2.27. The van der Waals surface area contributed by atoms with Crippen molar-refractivity contribution in [3.8, 4) is 5.75 Å². The number of carboxylic acids is 1. The Balaban J connectivity index is 1.46. The first-order chi connectivity index (χ1) is 12.5. The minimum atomic E-state index is -0.856. The van der Waals surface area contributed by atoms with Crippen LogP contribution in [0.3, 0.4) is 0 Å². The molecule has 2 aliphatic heterocycles. The number of amides is 1. The molecule has 0 bridgehead atoms. The highest BCUT2D eigenvalue weighted by atomic mass is 16.4. The number of hydrogen-bond donors (Lipinski definition) is 2. The first kappa shape index (κ1) is 17.3. The van der Waals surface area contributed by atoms with Crippen LogP contribution in [0.4, 0.5) is 0 Å². The molecule has 0 spiro atoms. The van der Waals surface area contributed by atoms with Crippen LogP contribution < -0.4 is 0 Å². The number of carbonyl (C=O) groups is 2. The molecule has 1 amide bonds. The van der Waals surface area contributed by atoms with Crippen LogP contribution in [-0.4, -0.2) is 58.1 Å². The van der Waals surface area contributed by atoms with Gasteiger partial charge in [0.1, 0.15) is 11.2 Å². The molecule has 4 rings (SSSR count). The second-order valence-electron chi connectivity index (χ2n) is 8.20. The molecular weight excluding hydrogens is 332 g/mol. The van der Waals surface area contributed by atoms with E-state index in [-0.39, 0.29) is 23.5 Å². The maximum atomic E-state index is 12.7. The first-order valence-corrected chi connectivity index (χ1v) is 9.50. The van der Waals surface area contributed by atoms with Gasteiger partial charge in [-0.15, -0.1) is 0 Å². The average Bonchev–Trinajstić information content (AvgIpc) is 3.28. The zero-order chi connectivity index (χ0) is 18.3. The summed E-state index contributed by atoms with van der Waals surface area (Å²) >= 11 is 0. The number of likely N-dealkylation sites (tertiary alicyclic amines) is 2. The molecule has 6 nitrogen and oxygen atoms in total. The smallest absolute Gasteiger partial charge is 0.313 e. The Morgan fingerprint density at radius 3 is 2.58 bits per heavy atom. The van der Waals surface area contributed by atoms with Gasteiger partial charge in [-0.05, 0) is 30.5 Å². The molecule has 140 valence electrons. The lowest BCUT2D eigenvalue weighted by atomic mass is 9.81. The fraction of sp³-hybridized carbons (Fsp3) is 0.600. The molecule has 3 fully saturated rings. The van der Waals surface area contributed by atoms with Crippen molar-refractivity contribution < 1.29 is 19.8 Å². The molecule has 6 heteroatoms. The summed E-state index contributed by atoms with van der Waals surface area (Å²) in [6.45, 7) is 2.64. The molecule has 2 atom stereocenters. The number of aromatic hydroxyl groups is 1. The predicted octanol–water partition coefficient (Wildman–Crippen LogP) is 1.93. The van der Waals surface area contributed by atoms with Gasteiger partial charge in [-0.25, -0.2) is 0 Å². The van der Waals surface area contributed by atoms with Crippen LogP contribution in [0, 0.1) is 17.3 Å². The normalized spacial score (nSPS) is 29.2. The van der Waals surface area contributed by atoms with Crippen LogP contribution in [0.2, 0.25) is 0 Å². The van der Waals surface area contributed by atoms with Crippen molar-refractivity contribution in [3.63, 3.8) is 0 Å². The van der Waals surface area contributed by atoms with Crippen molar-refractivity contribution in [2.24, 2.45) is 17.3 Å². The summed E-state index contributed by atoms with van der Waals surface area (Å²) in [4.78, 5) is 28.9. The lowest BCUT2D eigenvalue weighted by molar-refractivity contribution is -0.149. The number of carboxylic acid groups (broad SMARTS) is 1. The molecule has 2 saturated heterocycles. The molecule has 1 aromatic carbocycles. The Labute approximate surface area is 153 Å². The highest BCUT2D eigenvalue weighted by Gasteiger charge is 2.58. The second-order valence-corrected chi connectivity index (χ2v) is 8.20. The predicted molar refractivity (Wildman–Crippen MR) is 95.5 cm³/mol. The summed E-state index contributed by atoms with van der Waals surface area (Å²) in [6.07, 6.45) is 4.11. The van der Waals surface area contributed by atoms with Crippen molar-refractivity contribution in [2.75, 3.05) is 26.2 Å². The summed E-state index contributed by atoms with van der Waals surface area (Å²) in [5.74, 6) is -0.325. The number of fused-ring (bicyclic) bond motifs is 1. The Morgan fingerprint density at radius 2 is 1.92 bits per heavy atom. The summed E-state index contributed by atoms with van der Waals surface area (Å²) in [5, 5.41) is 19.6. The molecular formula is C20H26N2O4. The van der Waals surface area contributed by atoms with Crippen molar-refractivity contribution in [2.45, 2.75) is 32.2 Å². The third-order valence-electron chi connectivity index (χ3n) is 6.44. The minimum absolute atomic E-state index is 0.0253. The molecule has 1 aromatic rings. The van der Waals surface area contributed by atoms with E-state index < -0.39 is 11.4 Å². The maximum Gasteiger partial charge on any atom is 0.313 e. The topological polar surface area (TPSA) is 81.1 Å². The Morgan fingerprint density at radius 1 is 1.15 bits per heavy atom. The standard InChI is InChI=1S/C20H26N2O4/c23-17-7-3-4-14(8-17)9-21-10-16-11-22(13-20(16,12-21)19(25)26)18(24)15-5-1-2-6-15/h3-4,7-8,15-16,23H,1-2,5-6,9-13H2,(H,25,26)/t16-,20-/m1/s1. The van der Waals surface area contributed by atoms with Gasteiger partial charge in [0.15, 0.2) is 0 Å². The number of aliphatic carboxylic acids is 1. The van der Waals surface area contributed by atoms with Crippen LogP contribution in [0.1, 0.15) is 31.2 Å². The van der Waals surface area contributed by atoms with Crippen LogP contribution in [0.15, 0.2) is 24.3 Å². The van der Waals surface area contributed by atoms with E-state index in [4.69, 9.17) is 0 Å². The van der Waals surface area contributed by atoms with Gasteiger partial charge in [-0.2, -0.15) is 0 Å². The monoisotopic (exact) mass is 358 g/mol. The van der Waals surface area contributed by atoms with Crippen molar-refractivity contribution in [1.29, 1.82) is 0 Å². The number of carbonyl (C=O) groups excluding carboxylic acids is 1. The Bertz CT molecular complexity index is 716. The molecule has 0 radical (unpaired) electrons. The average molecular weight is 358 g/mol. The van der Waals surface area contributed by atoms with Crippen LogP contribution in [0.25, 0.3) is 0 Å². The number of phenols is 1. The van der Waals surface area contributed by atoms with Crippen molar-refractivity contribution in [3.05, 3.63) is 29.8 Å². The number of hydrogen-bond acceptors (Lipinski definition) is 4. The van der Waals surface area contributed by atoms with Crippen molar-refractivity contribution >= 4 is 11.9 Å². The first-order valence-electron chi connectivity index (χ1n) is 9.50. The van der Waals surface area contributed by atoms with Crippen LogP contribution in [0.5, 0.6) is 5.75 Å². The van der Waals surface area contributed by atoms with E-state index in [9.17, 15) is 19.8 Å². The third kappa shape index (κ3) is 2.96. The van der Waals surface area contributed by atoms with Gasteiger partial charge in [-0.3, -0.25) is 14.5 Å². The fourth-order valence-electron chi connectivity index (χ4n) is 5.10. The van der Waals surface area contributed by atoms with E-state index in [0.29, 0.717) is 32.7 Å². The molecule has 2 heterocycles.